The van der Waals surface area contributed by atoms with E-state index in [1.165, 1.54) is 17.4 Å². The zero-order valence-corrected chi connectivity index (χ0v) is 11.8. The van der Waals surface area contributed by atoms with Gasteiger partial charge in [0.25, 0.3) is 0 Å². The van der Waals surface area contributed by atoms with E-state index >= 15 is 0 Å². The van der Waals surface area contributed by atoms with E-state index in [2.05, 4.69) is 24.1 Å². The highest BCUT2D eigenvalue weighted by atomic mass is 35.5. The minimum atomic E-state index is -0.333. The van der Waals surface area contributed by atoms with Crippen molar-refractivity contribution in [2.45, 2.75) is 26.4 Å². The third-order valence-electron chi connectivity index (χ3n) is 2.42. The van der Waals surface area contributed by atoms with E-state index in [1.807, 2.05) is 5.38 Å². The summed E-state index contributed by atoms with van der Waals surface area (Å²) in [5, 5.41) is 6.22. The van der Waals surface area contributed by atoms with Crippen LogP contribution in [0.5, 0.6) is 0 Å². The highest BCUT2D eigenvalue weighted by Crippen LogP contribution is 2.32. The SMILES string of the molecule is CC(C)NCc1csc(-c2c(F)cccc2Cl)n1. The maximum absolute atomic E-state index is 13.7. The van der Waals surface area contributed by atoms with E-state index in [0.717, 1.165) is 5.69 Å². The molecule has 0 aliphatic heterocycles. The van der Waals surface area contributed by atoms with Gasteiger partial charge in [0.2, 0.25) is 0 Å². The molecule has 0 spiro atoms. The van der Waals surface area contributed by atoms with Gasteiger partial charge in [-0.3, -0.25) is 0 Å². The lowest BCUT2D eigenvalue weighted by atomic mass is 10.2. The molecule has 0 unspecified atom stereocenters. The van der Waals surface area contributed by atoms with Crippen molar-refractivity contribution in [1.82, 2.24) is 10.3 Å². The zero-order valence-electron chi connectivity index (χ0n) is 10.2. The molecule has 0 amide bonds. The second-order valence-corrected chi connectivity index (χ2v) is 5.54. The number of thiazole rings is 1. The molecule has 1 aromatic carbocycles. The van der Waals surface area contributed by atoms with Gasteiger partial charge in [0.05, 0.1) is 16.3 Å². The standard InChI is InChI=1S/C13H14ClFN2S/c1-8(2)16-6-9-7-18-13(17-9)12-10(14)4-3-5-11(12)15/h3-5,7-8,16H,6H2,1-2H3. The van der Waals surface area contributed by atoms with Crippen LogP contribution in [-0.2, 0) is 6.54 Å². The Morgan fingerprint density at radius 3 is 2.89 bits per heavy atom. The van der Waals surface area contributed by atoms with Crippen LogP contribution in [0, 0.1) is 5.82 Å². The second kappa shape index (κ2) is 5.78. The van der Waals surface area contributed by atoms with Crippen LogP contribution in [0.1, 0.15) is 19.5 Å². The topological polar surface area (TPSA) is 24.9 Å². The van der Waals surface area contributed by atoms with Crippen LogP contribution in [0.3, 0.4) is 0 Å². The number of nitrogens with one attached hydrogen (secondary N) is 1. The van der Waals surface area contributed by atoms with Crippen LogP contribution in [0.15, 0.2) is 23.6 Å². The summed E-state index contributed by atoms with van der Waals surface area (Å²) in [6, 6.07) is 5.06. The molecule has 5 heteroatoms. The third-order valence-corrected chi connectivity index (χ3v) is 3.64. The summed E-state index contributed by atoms with van der Waals surface area (Å²) in [5.74, 6) is -0.333. The molecule has 2 rings (SSSR count). The van der Waals surface area contributed by atoms with Crippen LogP contribution in [0.2, 0.25) is 5.02 Å². The number of aromatic nitrogens is 1. The first-order valence-corrected chi connectivity index (χ1v) is 6.96. The first kappa shape index (κ1) is 13.5. The first-order valence-electron chi connectivity index (χ1n) is 5.70. The number of benzene rings is 1. The summed E-state index contributed by atoms with van der Waals surface area (Å²) >= 11 is 7.42. The van der Waals surface area contributed by atoms with Gasteiger partial charge in [-0.1, -0.05) is 31.5 Å². The van der Waals surface area contributed by atoms with Gasteiger partial charge >= 0.3 is 0 Å². The van der Waals surface area contributed by atoms with Crippen molar-refractivity contribution in [2.24, 2.45) is 0 Å². The highest BCUT2D eigenvalue weighted by molar-refractivity contribution is 7.13. The Morgan fingerprint density at radius 2 is 2.22 bits per heavy atom. The van der Waals surface area contributed by atoms with E-state index < -0.39 is 0 Å². The predicted molar refractivity (Wildman–Crippen MR) is 74.5 cm³/mol. The lowest BCUT2D eigenvalue weighted by Gasteiger charge is -2.05. The van der Waals surface area contributed by atoms with Crippen LogP contribution >= 0.6 is 22.9 Å². The van der Waals surface area contributed by atoms with Gasteiger partial charge in [0.15, 0.2) is 0 Å². The summed E-state index contributed by atoms with van der Waals surface area (Å²) in [4.78, 5) is 4.41. The molecular formula is C13H14ClFN2S. The maximum Gasteiger partial charge on any atom is 0.134 e. The molecule has 1 aromatic heterocycles. The van der Waals surface area contributed by atoms with E-state index in [0.29, 0.717) is 28.2 Å². The van der Waals surface area contributed by atoms with E-state index in [9.17, 15) is 4.39 Å². The van der Waals surface area contributed by atoms with Crippen molar-refractivity contribution in [3.63, 3.8) is 0 Å². The lowest BCUT2D eigenvalue weighted by Crippen LogP contribution is -2.21. The molecule has 0 aliphatic carbocycles. The molecule has 0 fully saturated rings. The molecule has 0 saturated carbocycles. The molecule has 0 bridgehead atoms. The Hall–Kier alpha value is -0.970. The Balaban J connectivity index is 2.24. The van der Waals surface area contributed by atoms with E-state index in [4.69, 9.17) is 11.6 Å². The Bertz CT molecular complexity index is 519. The number of hydrogen-bond acceptors (Lipinski definition) is 3. The largest absolute Gasteiger partial charge is 0.309 e. The van der Waals surface area contributed by atoms with Crippen LogP contribution in [0.4, 0.5) is 4.39 Å². The Labute approximate surface area is 115 Å². The highest BCUT2D eigenvalue weighted by Gasteiger charge is 2.13. The molecule has 2 nitrogen and oxygen atoms in total. The molecule has 18 heavy (non-hydrogen) atoms. The number of halogens is 2. The van der Waals surface area contributed by atoms with Crippen LogP contribution < -0.4 is 5.32 Å². The summed E-state index contributed by atoms with van der Waals surface area (Å²) in [7, 11) is 0. The zero-order chi connectivity index (χ0) is 13.1. The summed E-state index contributed by atoms with van der Waals surface area (Å²) in [6.07, 6.45) is 0. The normalized spacial score (nSPS) is 11.2. The average Bonchev–Trinajstić information content (AvgIpc) is 2.75. The van der Waals surface area contributed by atoms with E-state index in [-0.39, 0.29) is 5.82 Å². The monoisotopic (exact) mass is 284 g/mol. The number of nitrogens with zero attached hydrogens (tertiary/aromatic N) is 1. The quantitative estimate of drug-likeness (QED) is 0.914. The van der Waals surface area contributed by atoms with Crippen molar-refractivity contribution in [3.05, 3.63) is 40.1 Å². The molecule has 0 radical (unpaired) electrons. The molecule has 0 saturated heterocycles. The van der Waals surface area contributed by atoms with Gasteiger partial charge in [-0.25, -0.2) is 9.37 Å². The fourth-order valence-corrected chi connectivity index (χ4v) is 2.70. The van der Waals surface area contributed by atoms with Crippen molar-refractivity contribution in [1.29, 1.82) is 0 Å². The minimum absolute atomic E-state index is 0.333. The van der Waals surface area contributed by atoms with Gasteiger partial charge in [-0.05, 0) is 12.1 Å². The molecule has 1 heterocycles. The summed E-state index contributed by atoms with van der Waals surface area (Å²) in [5.41, 5.74) is 1.29. The second-order valence-electron chi connectivity index (χ2n) is 4.28. The fourth-order valence-electron chi connectivity index (χ4n) is 1.51. The van der Waals surface area contributed by atoms with E-state index in [1.54, 1.807) is 12.1 Å². The van der Waals surface area contributed by atoms with Gasteiger partial charge in [-0.2, -0.15) is 0 Å². The fraction of sp³-hybridized carbons (Fsp3) is 0.308. The van der Waals surface area contributed by atoms with Crippen molar-refractivity contribution < 1.29 is 4.39 Å². The van der Waals surface area contributed by atoms with Gasteiger partial charge in [0, 0.05) is 18.0 Å². The predicted octanol–water partition coefficient (Wildman–Crippen LogP) is 4.10. The van der Waals surface area contributed by atoms with Crippen molar-refractivity contribution in [2.75, 3.05) is 0 Å². The van der Waals surface area contributed by atoms with Gasteiger partial charge in [0.1, 0.15) is 10.8 Å². The number of hydrogen-bond donors (Lipinski definition) is 1. The number of rotatable bonds is 4. The molecule has 96 valence electrons. The molecule has 0 atom stereocenters. The molecule has 0 aliphatic rings. The smallest absolute Gasteiger partial charge is 0.134 e. The van der Waals surface area contributed by atoms with Crippen LogP contribution in [0.25, 0.3) is 10.6 Å². The van der Waals surface area contributed by atoms with Crippen molar-refractivity contribution in [3.8, 4) is 10.6 Å². The summed E-state index contributed by atoms with van der Waals surface area (Å²) < 4.78 is 13.7. The van der Waals surface area contributed by atoms with Gasteiger partial charge in [-0.15, -0.1) is 11.3 Å². The van der Waals surface area contributed by atoms with Crippen molar-refractivity contribution >= 4 is 22.9 Å². The average molecular weight is 285 g/mol. The Morgan fingerprint density at radius 1 is 1.44 bits per heavy atom. The molecule has 2 aromatic rings. The van der Waals surface area contributed by atoms with Gasteiger partial charge < -0.3 is 5.32 Å². The summed E-state index contributed by atoms with van der Waals surface area (Å²) in [6.45, 7) is 4.82. The lowest BCUT2D eigenvalue weighted by molar-refractivity contribution is 0.583. The molecular weight excluding hydrogens is 271 g/mol. The third kappa shape index (κ3) is 3.07. The minimum Gasteiger partial charge on any atom is -0.309 e. The molecule has 1 N–H and O–H groups in total. The Kier molecular flexibility index (Phi) is 4.32. The first-order chi connectivity index (χ1) is 8.58. The van der Waals surface area contributed by atoms with Crippen LogP contribution in [-0.4, -0.2) is 11.0 Å². The maximum atomic E-state index is 13.7.